The molecule has 4 fully saturated rings. The smallest absolute Gasteiger partial charge is 0.237 e. The van der Waals surface area contributed by atoms with Gasteiger partial charge < -0.3 is 5.32 Å². The van der Waals surface area contributed by atoms with Gasteiger partial charge in [-0.25, -0.2) is 5.43 Å². The van der Waals surface area contributed by atoms with E-state index < -0.39 is 6.04 Å². The van der Waals surface area contributed by atoms with Crippen molar-refractivity contribution in [3.05, 3.63) is 10.1 Å². The van der Waals surface area contributed by atoms with Crippen LogP contribution in [0.25, 0.3) is 0 Å². The van der Waals surface area contributed by atoms with Crippen molar-refractivity contribution >= 4 is 11.8 Å². The third kappa shape index (κ3) is 6.38. The first-order valence-electron chi connectivity index (χ1n) is 12.4. The maximum Gasteiger partial charge on any atom is 0.237 e. The number of nitrogens with zero attached hydrogens (tertiary/aromatic N) is 1. The van der Waals surface area contributed by atoms with Crippen LogP contribution in [0.4, 0.5) is 0 Å². The number of rotatable bonds is 9. The molecule has 0 spiro atoms. The Morgan fingerprint density at radius 2 is 2.00 bits per heavy atom. The van der Waals surface area contributed by atoms with Gasteiger partial charge in [-0.3, -0.25) is 40.6 Å². The van der Waals surface area contributed by atoms with E-state index in [9.17, 15) is 19.7 Å². The second-order valence-electron chi connectivity index (χ2n) is 9.74. The Balaban J connectivity index is 1.09. The molecule has 2 aliphatic heterocycles. The van der Waals surface area contributed by atoms with Crippen molar-refractivity contribution in [2.24, 2.45) is 17.8 Å². The highest BCUT2D eigenvalue weighted by atomic mass is 16.7. The Hall–Kier alpha value is -1.86. The van der Waals surface area contributed by atoms with E-state index in [1.165, 1.54) is 0 Å². The predicted molar refractivity (Wildman–Crippen MR) is 118 cm³/mol. The number of carbonyl (C=O) groups is 2. The molecule has 186 valence electrons. The molecule has 12 heteroatoms. The number of hydrogen-bond acceptors (Lipinski definition) is 9. The molecular formula is C21H37N7O5. The fourth-order valence-corrected chi connectivity index (χ4v) is 5.71. The number of hydroxylamine groups is 1. The summed E-state index contributed by atoms with van der Waals surface area (Å²) >= 11 is 0. The topological polar surface area (TPSA) is 159 Å². The lowest BCUT2D eigenvalue weighted by atomic mass is 9.76. The fraction of sp³-hybridized carbons (Fsp3) is 0.905. The lowest BCUT2D eigenvalue weighted by Crippen LogP contribution is -2.64. The van der Waals surface area contributed by atoms with Gasteiger partial charge in [0.1, 0.15) is 6.23 Å². The summed E-state index contributed by atoms with van der Waals surface area (Å²) in [4.78, 5) is 40.7. The summed E-state index contributed by atoms with van der Waals surface area (Å²) in [7, 11) is 0. The lowest BCUT2D eigenvalue weighted by Gasteiger charge is -2.41. The molecule has 7 atom stereocenters. The first kappa shape index (κ1) is 24.3. The molecule has 0 radical (unpaired) electrons. The van der Waals surface area contributed by atoms with Gasteiger partial charge >= 0.3 is 0 Å². The molecule has 2 aliphatic carbocycles. The Labute approximate surface area is 193 Å². The summed E-state index contributed by atoms with van der Waals surface area (Å²) in [5, 5.41) is 20.8. The molecule has 33 heavy (non-hydrogen) atoms. The van der Waals surface area contributed by atoms with E-state index in [0.717, 1.165) is 38.5 Å². The zero-order valence-electron chi connectivity index (χ0n) is 19.0. The molecule has 2 saturated carbocycles. The molecular weight excluding hydrogens is 430 g/mol. The second-order valence-corrected chi connectivity index (χ2v) is 9.74. The largest absolute Gasteiger partial charge is 0.355 e. The molecule has 2 saturated heterocycles. The average molecular weight is 468 g/mol. The number of carbonyl (C=O) groups excluding carboxylic acids is 2. The van der Waals surface area contributed by atoms with Crippen molar-refractivity contribution in [3.8, 4) is 0 Å². The van der Waals surface area contributed by atoms with E-state index in [4.69, 9.17) is 4.84 Å². The quantitative estimate of drug-likeness (QED) is 0.154. The van der Waals surface area contributed by atoms with Crippen LogP contribution in [-0.2, 0) is 14.4 Å². The van der Waals surface area contributed by atoms with Crippen LogP contribution in [0, 0.1) is 27.9 Å². The maximum atomic E-state index is 12.2. The molecule has 4 rings (SSSR count). The number of hydrazine groups is 1. The zero-order valence-corrected chi connectivity index (χ0v) is 19.0. The zero-order chi connectivity index (χ0) is 23.2. The van der Waals surface area contributed by atoms with Crippen LogP contribution in [0.5, 0.6) is 0 Å². The van der Waals surface area contributed by atoms with Crippen LogP contribution < -0.4 is 32.3 Å². The maximum absolute atomic E-state index is 12.2. The SMILES string of the molecule is O=C(CCC1NC(C2CCCC([N+](=O)[O-])C2)NO1)NCCNC1NNC(=O)C2CCCCC12. The molecule has 0 aromatic carbocycles. The number of nitro groups is 1. The van der Waals surface area contributed by atoms with Crippen LogP contribution in [0.2, 0.25) is 0 Å². The third-order valence-corrected chi connectivity index (χ3v) is 7.54. The molecule has 2 amide bonds. The monoisotopic (exact) mass is 467 g/mol. The Morgan fingerprint density at radius 3 is 2.85 bits per heavy atom. The van der Waals surface area contributed by atoms with E-state index >= 15 is 0 Å². The summed E-state index contributed by atoms with van der Waals surface area (Å²) in [5.74, 6) is 0.561. The summed E-state index contributed by atoms with van der Waals surface area (Å²) < 4.78 is 0. The van der Waals surface area contributed by atoms with Gasteiger partial charge in [-0.2, -0.15) is 5.48 Å². The molecule has 0 aromatic heterocycles. The lowest BCUT2D eigenvalue weighted by molar-refractivity contribution is -0.528. The van der Waals surface area contributed by atoms with E-state index in [2.05, 4.69) is 32.3 Å². The number of fused-ring (bicyclic) bond motifs is 1. The van der Waals surface area contributed by atoms with E-state index in [-0.39, 0.29) is 47.1 Å². The van der Waals surface area contributed by atoms with E-state index in [1.54, 1.807) is 0 Å². The van der Waals surface area contributed by atoms with Gasteiger partial charge in [0.05, 0.1) is 12.3 Å². The first-order chi connectivity index (χ1) is 16.0. The molecule has 0 bridgehead atoms. The highest BCUT2D eigenvalue weighted by molar-refractivity contribution is 5.79. The molecule has 6 N–H and O–H groups in total. The van der Waals surface area contributed by atoms with Crippen LogP contribution >= 0.6 is 0 Å². The van der Waals surface area contributed by atoms with E-state index in [0.29, 0.717) is 44.7 Å². The minimum atomic E-state index is -0.477. The molecule has 7 unspecified atom stereocenters. The van der Waals surface area contributed by atoms with Gasteiger partial charge in [0.2, 0.25) is 17.9 Å². The number of nitrogens with one attached hydrogen (secondary N) is 6. The van der Waals surface area contributed by atoms with Gasteiger partial charge in [0.15, 0.2) is 0 Å². The fourth-order valence-electron chi connectivity index (χ4n) is 5.71. The molecule has 4 aliphatic rings. The molecule has 0 aromatic rings. The molecule has 2 heterocycles. The Bertz CT molecular complexity index is 710. The number of amides is 2. The minimum absolute atomic E-state index is 0.0266. The first-order valence-corrected chi connectivity index (χ1v) is 12.4. The van der Waals surface area contributed by atoms with Gasteiger partial charge in [-0.15, -0.1) is 0 Å². The summed E-state index contributed by atoms with van der Waals surface area (Å²) in [5.41, 5.74) is 8.80. The standard InChI is InChI=1S/C21H37N7O5/c29-17(22-10-11-23-20-15-6-1-2-7-16(15)21(30)26-25-20)8-9-18-24-19(27-33-18)13-4-3-5-14(12-13)28(31)32/h13-16,18-20,23-25,27H,1-12H2,(H,22,29)(H,26,30). The normalized spacial score (nSPS) is 36.6. The van der Waals surface area contributed by atoms with E-state index in [1.807, 2.05) is 0 Å². The van der Waals surface area contributed by atoms with Crippen LogP contribution in [0.3, 0.4) is 0 Å². The summed E-state index contributed by atoms with van der Waals surface area (Å²) in [6, 6.07) is -0.477. The summed E-state index contributed by atoms with van der Waals surface area (Å²) in [6.07, 6.45) is 7.67. The van der Waals surface area contributed by atoms with Gasteiger partial charge in [0.25, 0.3) is 0 Å². The molecule has 12 nitrogen and oxygen atoms in total. The average Bonchev–Trinajstić information content (AvgIpc) is 3.31. The highest BCUT2D eigenvalue weighted by Gasteiger charge is 2.40. The van der Waals surface area contributed by atoms with Gasteiger partial charge in [-0.05, 0) is 38.0 Å². The third-order valence-electron chi connectivity index (χ3n) is 7.54. The number of hydrogen-bond donors (Lipinski definition) is 6. The highest BCUT2D eigenvalue weighted by Crippen LogP contribution is 2.33. The summed E-state index contributed by atoms with van der Waals surface area (Å²) in [6.45, 7) is 1.12. The van der Waals surface area contributed by atoms with Crippen molar-refractivity contribution in [1.29, 1.82) is 0 Å². The second kappa shape index (κ2) is 11.5. The van der Waals surface area contributed by atoms with Gasteiger partial charge in [0, 0.05) is 49.1 Å². The van der Waals surface area contributed by atoms with Crippen LogP contribution in [0.1, 0.15) is 64.2 Å². The van der Waals surface area contributed by atoms with Crippen LogP contribution in [0.15, 0.2) is 0 Å². The van der Waals surface area contributed by atoms with Crippen LogP contribution in [-0.4, -0.2) is 54.4 Å². The van der Waals surface area contributed by atoms with Crippen molar-refractivity contribution in [1.82, 2.24) is 32.3 Å². The minimum Gasteiger partial charge on any atom is -0.355 e. The Morgan fingerprint density at radius 1 is 1.15 bits per heavy atom. The van der Waals surface area contributed by atoms with Gasteiger partial charge in [-0.1, -0.05) is 12.8 Å². The van der Waals surface area contributed by atoms with Crippen molar-refractivity contribution in [2.45, 2.75) is 88.8 Å². The predicted octanol–water partition coefficient (Wildman–Crippen LogP) is -0.149. The van der Waals surface area contributed by atoms with Crippen molar-refractivity contribution in [2.75, 3.05) is 13.1 Å². The van der Waals surface area contributed by atoms with Crippen molar-refractivity contribution < 1.29 is 19.3 Å². The Kier molecular flexibility index (Phi) is 8.47. The van der Waals surface area contributed by atoms with Crippen molar-refractivity contribution in [3.63, 3.8) is 0 Å².